The standard InChI is InChI=1S/C18H18FNO6/c1-10-16(18(23)24-3)11(2)20-17(10)14(21)8-26-15(22)9-25-13-6-4-5-12(19)7-13/h4-7,20H,8-9H2,1-3H3. The van der Waals surface area contributed by atoms with Crippen LogP contribution in [-0.4, -0.2) is 43.0 Å². The maximum absolute atomic E-state index is 13.0. The predicted molar refractivity (Wildman–Crippen MR) is 88.8 cm³/mol. The number of esters is 2. The molecule has 0 amide bonds. The third kappa shape index (κ3) is 4.47. The number of rotatable bonds is 7. The summed E-state index contributed by atoms with van der Waals surface area (Å²) in [6.45, 7) is 2.24. The van der Waals surface area contributed by atoms with Crippen LogP contribution in [0, 0.1) is 19.7 Å². The van der Waals surface area contributed by atoms with E-state index in [1.807, 2.05) is 0 Å². The van der Waals surface area contributed by atoms with E-state index < -0.39 is 36.8 Å². The van der Waals surface area contributed by atoms with Gasteiger partial charge in [0.15, 0.2) is 13.2 Å². The molecule has 7 nitrogen and oxygen atoms in total. The maximum atomic E-state index is 13.0. The molecule has 0 saturated heterocycles. The first-order chi connectivity index (χ1) is 12.3. The van der Waals surface area contributed by atoms with Gasteiger partial charge in [-0.05, 0) is 31.5 Å². The van der Waals surface area contributed by atoms with Crippen molar-refractivity contribution in [2.45, 2.75) is 13.8 Å². The van der Waals surface area contributed by atoms with Gasteiger partial charge >= 0.3 is 11.9 Å². The van der Waals surface area contributed by atoms with E-state index in [0.29, 0.717) is 11.3 Å². The first-order valence-corrected chi connectivity index (χ1v) is 7.68. The van der Waals surface area contributed by atoms with Gasteiger partial charge in [0.2, 0.25) is 5.78 Å². The minimum absolute atomic E-state index is 0.168. The van der Waals surface area contributed by atoms with Crippen LogP contribution in [0.3, 0.4) is 0 Å². The van der Waals surface area contributed by atoms with Crippen LogP contribution in [0.1, 0.15) is 32.1 Å². The number of Topliss-reactive ketones (excluding diaryl/α,β-unsaturated/α-hetero) is 1. The average Bonchev–Trinajstić information content (AvgIpc) is 2.91. The number of hydrogen-bond donors (Lipinski definition) is 1. The number of aromatic amines is 1. The molecular formula is C18H18FNO6. The van der Waals surface area contributed by atoms with Crippen LogP contribution in [-0.2, 0) is 14.3 Å². The molecular weight excluding hydrogens is 345 g/mol. The van der Waals surface area contributed by atoms with Gasteiger partial charge in [0.05, 0.1) is 18.4 Å². The monoisotopic (exact) mass is 363 g/mol. The SMILES string of the molecule is COC(=O)c1c(C)[nH]c(C(=O)COC(=O)COc2cccc(F)c2)c1C. The number of hydrogen-bond acceptors (Lipinski definition) is 6. The Labute approximate surface area is 149 Å². The zero-order valence-corrected chi connectivity index (χ0v) is 14.6. The zero-order chi connectivity index (χ0) is 19.3. The van der Waals surface area contributed by atoms with Gasteiger partial charge in [-0.2, -0.15) is 0 Å². The summed E-state index contributed by atoms with van der Waals surface area (Å²) in [5, 5.41) is 0. The van der Waals surface area contributed by atoms with Crippen molar-refractivity contribution in [3.63, 3.8) is 0 Å². The summed E-state index contributed by atoms with van der Waals surface area (Å²) in [4.78, 5) is 38.4. The van der Waals surface area contributed by atoms with Gasteiger partial charge in [0.25, 0.3) is 0 Å². The van der Waals surface area contributed by atoms with Gasteiger partial charge in [-0.25, -0.2) is 14.0 Å². The summed E-state index contributed by atoms with van der Waals surface area (Å²) < 4.78 is 27.6. The van der Waals surface area contributed by atoms with Crippen molar-refractivity contribution in [1.29, 1.82) is 0 Å². The van der Waals surface area contributed by atoms with E-state index in [1.165, 1.54) is 25.3 Å². The van der Waals surface area contributed by atoms with E-state index in [0.717, 1.165) is 6.07 Å². The smallest absolute Gasteiger partial charge is 0.344 e. The molecule has 8 heteroatoms. The summed E-state index contributed by atoms with van der Waals surface area (Å²) >= 11 is 0. The van der Waals surface area contributed by atoms with Crippen LogP contribution in [0.15, 0.2) is 24.3 Å². The lowest BCUT2D eigenvalue weighted by atomic mass is 10.1. The van der Waals surface area contributed by atoms with E-state index in [-0.39, 0.29) is 17.0 Å². The highest BCUT2D eigenvalue weighted by Crippen LogP contribution is 2.19. The van der Waals surface area contributed by atoms with Gasteiger partial charge in [-0.3, -0.25) is 4.79 Å². The largest absolute Gasteiger partial charge is 0.482 e. The molecule has 0 aliphatic heterocycles. The van der Waals surface area contributed by atoms with Crippen molar-refractivity contribution in [2.75, 3.05) is 20.3 Å². The van der Waals surface area contributed by atoms with Crippen LogP contribution in [0.25, 0.3) is 0 Å². The number of halogens is 1. The Morgan fingerprint density at radius 2 is 1.88 bits per heavy atom. The van der Waals surface area contributed by atoms with E-state index in [9.17, 15) is 18.8 Å². The van der Waals surface area contributed by atoms with Crippen LogP contribution in [0.2, 0.25) is 0 Å². The summed E-state index contributed by atoms with van der Waals surface area (Å²) in [6.07, 6.45) is 0. The molecule has 26 heavy (non-hydrogen) atoms. The second-order valence-corrected chi connectivity index (χ2v) is 5.45. The second kappa shape index (κ2) is 8.28. The number of aromatic nitrogens is 1. The number of H-pyrrole nitrogens is 1. The first kappa shape index (κ1) is 19.2. The molecule has 1 heterocycles. The van der Waals surface area contributed by atoms with Crippen LogP contribution in [0.5, 0.6) is 5.75 Å². The zero-order valence-electron chi connectivity index (χ0n) is 14.6. The number of carbonyl (C=O) groups excluding carboxylic acids is 3. The molecule has 0 radical (unpaired) electrons. The van der Waals surface area contributed by atoms with Gasteiger partial charge < -0.3 is 19.2 Å². The summed E-state index contributed by atoms with van der Waals surface area (Å²) in [5.74, 6) is -2.16. The molecule has 0 bridgehead atoms. The van der Waals surface area contributed by atoms with Crippen molar-refractivity contribution in [3.8, 4) is 5.75 Å². The van der Waals surface area contributed by atoms with Crippen molar-refractivity contribution < 1.29 is 33.0 Å². The molecule has 0 aliphatic carbocycles. The van der Waals surface area contributed by atoms with Crippen LogP contribution >= 0.6 is 0 Å². The third-order valence-electron chi connectivity index (χ3n) is 3.62. The Morgan fingerprint density at radius 1 is 1.15 bits per heavy atom. The summed E-state index contributed by atoms with van der Waals surface area (Å²) in [5.41, 5.74) is 1.35. The van der Waals surface area contributed by atoms with Gasteiger partial charge in [0, 0.05) is 11.8 Å². The highest BCUT2D eigenvalue weighted by molar-refractivity contribution is 6.02. The number of benzene rings is 1. The molecule has 0 aliphatic rings. The van der Waals surface area contributed by atoms with Crippen molar-refractivity contribution in [3.05, 3.63) is 52.6 Å². The molecule has 0 fully saturated rings. The maximum Gasteiger partial charge on any atom is 0.344 e. The fourth-order valence-corrected chi connectivity index (χ4v) is 2.40. The Balaban J connectivity index is 1.92. The summed E-state index contributed by atoms with van der Waals surface area (Å²) in [7, 11) is 1.25. The molecule has 1 aromatic heterocycles. The molecule has 0 saturated carbocycles. The summed E-state index contributed by atoms with van der Waals surface area (Å²) in [6, 6.07) is 5.29. The predicted octanol–water partition coefficient (Wildman–Crippen LogP) is 2.36. The minimum Gasteiger partial charge on any atom is -0.482 e. The number of nitrogens with one attached hydrogen (secondary N) is 1. The Morgan fingerprint density at radius 3 is 2.54 bits per heavy atom. The molecule has 1 aromatic carbocycles. The van der Waals surface area contributed by atoms with Gasteiger partial charge in [-0.1, -0.05) is 6.07 Å². The highest BCUT2D eigenvalue weighted by Gasteiger charge is 2.23. The quantitative estimate of drug-likeness (QED) is 0.599. The molecule has 2 aromatic rings. The van der Waals surface area contributed by atoms with Crippen molar-refractivity contribution >= 4 is 17.7 Å². The second-order valence-electron chi connectivity index (χ2n) is 5.45. The van der Waals surface area contributed by atoms with Crippen molar-refractivity contribution in [1.82, 2.24) is 4.98 Å². The van der Waals surface area contributed by atoms with E-state index in [2.05, 4.69) is 9.72 Å². The minimum atomic E-state index is -0.781. The molecule has 0 spiro atoms. The van der Waals surface area contributed by atoms with Crippen LogP contribution in [0.4, 0.5) is 4.39 Å². The lowest BCUT2D eigenvalue weighted by Gasteiger charge is -2.07. The highest BCUT2D eigenvalue weighted by atomic mass is 19.1. The van der Waals surface area contributed by atoms with Crippen LogP contribution < -0.4 is 4.74 Å². The molecule has 138 valence electrons. The third-order valence-corrected chi connectivity index (χ3v) is 3.62. The Kier molecular flexibility index (Phi) is 6.11. The van der Waals surface area contributed by atoms with E-state index in [4.69, 9.17) is 9.47 Å². The molecule has 2 rings (SSSR count). The Hall–Kier alpha value is -3.16. The fourth-order valence-electron chi connectivity index (χ4n) is 2.40. The molecule has 0 unspecified atom stereocenters. The molecule has 1 N–H and O–H groups in total. The van der Waals surface area contributed by atoms with E-state index >= 15 is 0 Å². The topological polar surface area (TPSA) is 94.7 Å². The lowest BCUT2D eigenvalue weighted by Crippen LogP contribution is -2.20. The average molecular weight is 363 g/mol. The van der Waals surface area contributed by atoms with Gasteiger partial charge in [-0.15, -0.1) is 0 Å². The number of carbonyl (C=O) groups is 3. The lowest BCUT2D eigenvalue weighted by molar-refractivity contribution is -0.144. The molecule has 0 atom stereocenters. The Bertz CT molecular complexity index is 842. The first-order valence-electron chi connectivity index (χ1n) is 7.68. The van der Waals surface area contributed by atoms with Crippen molar-refractivity contribution in [2.24, 2.45) is 0 Å². The number of ether oxygens (including phenoxy) is 3. The van der Waals surface area contributed by atoms with E-state index in [1.54, 1.807) is 13.8 Å². The van der Waals surface area contributed by atoms with Gasteiger partial charge in [0.1, 0.15) is 11.6 Å². The number of aryl methyl sites for hydroxylation is 1. The fraction of sp³-hybridized carbons (Fsp3) is 0.278. The number of ketones is 1. The number of methoxy groups -OCH3 is 1. The normalized spacial score (nSPS) is 10.3.